The van der Waals surface area contributed by atoms with E-state index < -0.39 is 42.1 Å². The maximum Gasteiger partial charge on any atom is 0.528 e. The van der Waals surface area contributed by atoms with Gasteiger partial charge in [-0.25, -0.2) is 19.9 Å². The lowest BCUT2D eigenvalue weighted by Crippen LogP contribution is -2.43. The Hall–Kier alpha value is -2.12. The van der Waals surface area contributed by atoms with Crippen molar-refractivity contribution < 1.29 is 70.4 Å². The second-order valence-corrected chi connectivity index (χ2v) is 13.1. The van der Waals surface area contributed by atoms with Crippen molar-refractivity contribution in [1.82, 2.24) is 16.4 Å². The lowest BCUT2D eigenvalue weighted by Gasteiger charge is -2.24. The maximum atomic E-state index is 11.6. The highest BCUT2D eigenvalue weighted by Crippen LogP contribution is 2.15. The van der Waals surface area contributed by atoms with Crippen LogP contribution in [0, 0.1) is 0 Å². The standard InChI is InChI=1S/C17H38N2O12Si2.CH3NO3/c1-15(29-17(21)31-19-11-9-13-33(25-5,26-6)27-7)14-28-16(20)30-18-10-8-12-32(22-2,23-3)24-4;3-1(4)2-5/h15,18-19H,8-14H2,1-7H3;2,5H,(H,3,4). The third-order valence-corrected chi connectivity index (χ3v) is 10.2. The van der Waals surface area contributed by atoms with E-state index in [2.05, 4.69) is 11.0 Å². The van der Waals surface area contributed by atoms with Gasteiger partial charge in [0.2, 0.25) is 0 Å². The van der Waals surface area contributed by atoms with Crippen LogP contribution in [-0.2, 0) is 45.7 Å². The van der Waals surface area contributed by atoms with Gasteiger partial charge in [-0.1, -0.05) is 0 Å². The van der Waals surface area contributed by atoms with E-state index in [1.165, 1.54) is 49.6 Å². The van der Waals surface area contributed by atoms with Gasteiger partial charge in [-0.2, -0.15) is 11.0 Å². The Morgan fingerprint density at radius 1 is 0.737 bits per heavy atom. The highest BCUT2D eigenvalue weighted by Gasteiger charge is 2.37. The van der Waals surface area contributed by atoms with Gasteiger partial charge in [0.25, 0.3) is 0 Å². The minimum atomic E-state index is -2.66. The number of hydrogen-bond donors (Lipinski definition) is 5. The van der Waals surface area contributed by atoms with Gasteiger partial charge in [-0.05, 0) is 19.8 Å². The quantitative estimate of drug-likeness (QED) is 0.0459. The molecule has 0 saturated heterocycles. The Labute approximate surface area is 223 Å². The van der Waals surface area contributed by atoms with E-state index in [1.807, 2.05) is 0 Å². The molecule has 0 aliphatic carbocycles. The van der Waals surface area contributed by atoms with Gasteiger partial charge in [0.1, 0.15) is 12.7 Å². The Balaban J connectivity index is 0. The third kappa shape index (κ3) is 18.2. The van der Waals surface area contributed by atoms with Crippen molar-refractivity contribution in [2.75, 3.05) is 62.4 Å². The van der Waals surface area contributed by atoms with E-state index in [-0.39, 0.29) is 6.61 Å². The fourth-order valence-corrected chi connectivity index (χ4v) is 5.97. The molecular weight excluding hydrogens is 554 g/mol. The first kappa shape index (κ1) is 38.0. The number of carboxylic acid groups (broad SMARTS) is 1. The van der Waals surface area contributed by atoms with Crippen LogP contribution in [0.5, 0.6) is 0 Å². The summed E-state index contributed by atoms with van der Waals surface area (Å²) in [4.78, 5) is 41.7. The molecule has 0 aliphatic heterocycles. The minimum absolute atomic E-state index is 0.216. The highest BCUT2D eigenvalue weighted by molar-refractivity contribution is 6.60. The lowest BCUT2D eigenvalue weighted by atomic mass is 10.4. The van der Waals surface area contributed by atoms with E-state index in [0.717, 1.165) is 5.48 Å². The van der Waals surface area contributed by atoms with E-state index in [0.29, 0.717) is 38.0 Å². The molecule has 18 nitrogen and oxygen atoms in total. The summed E-state index contributed by atoms with van der Waals surface area (Å²) in [6, 6.07) is 1.08. The molecule has 0 fully saturated rings. The van der Waals surface area contributed by atoms with E-state index >= 15 is 0 Å². The monoisotopic (exact) mass is 595 g/mol. The average molecular weight is 596 g/mol. The predicted molar refractivity (Wildman–Crippen MR) is 131 cm³/mol. The summed E-state index contributed by atoms with van der Waals surface area (Å²) < 4.78 is 41.5. The molecule has 0 aromatic carbocycles. The molecule has 226 valence electrons. The molecule has 0 radical (unpaired) electrons. The summed E-state index contributed by atoms with van der Waals surface area (Å²) in [5.74, 6) is 0. The number of rotatable bonds is 19. The van der Waals surface area contributed by atoms with Crippen molar-refractivity contribution in [2.24, 2.45) is 0 Å². The number of amides is 1. The molecule has 38 heavy (non-hydrogen) atoms. The summed E-state index contributed by atoms with van der Waals surface area (Å²) >= 11 is 0. The molecule has 0 aliphatic rings. The fraction of sp³-hybridized carbons (Fsp3) is 0.833. The molecule has 0 saturated carbocycles. The molecule has 1 unspecified atom stereocenters. The molecule has 0 bridgehead atoms. The van der Waals surface area contributed by atoms with Crippen LogP contribution < -0.4 is 16.4 Å². The van der Waals surface area contributed by atoms with Crippen LogP contribution in [0.25, 0.3) is 0 Å². The number of carbonyl (C=O) groups is 3. The number of ether oxygens (including phenoxy) is 2. The third-order valence-electron chi connectivity index (χ3n) is 4.53. The van der Waals surface area contributed by atoms with Crippen LogP contribution in [-0.4, -0.2) is 115 Å². The van der Waals surface area contributed by atoms with E-state index in [1.54, 1.807) is 0 Å². The van der Waals surface area contributed by atoms with Crippen LogP contribution in [0.2, 0.25) is 12.1 Å². The summed E-state index contributed by atoms with van der Waals surface area (Å²) in [7, 11) is 3.81. The van der Waals surface area contributed by atoms with Crippen LogP contribution in [0.4, 0.5) is 14.4 Å². The molecule has 0 spiro atoms. The number of hydrogen-bond acceptors (Lipinski definition) is 16. The summed E-state index contributed by atoms with van der Waals surface area (Å²) in [6.07, 6.45) is -2.96. The lowest BCUT2D eigenvalue weighted by molar-refractivity contribution is -0.0360. The highest BCUT2D eigenvalue weighted by atomic mass is 28.4. The fourth-order valence-electron chi connectivity index (χ4n) is 2.52. The topological polar surface area (TPSA) is 220 Å². The van der Waals surface area contributed by atoms with Crippen molar-refractivity contribution in [3.05, 3.63) is 0 Å². The average Bonchev–Trinajstić information content (AvgIpc) is 2.92. The summed E-state index contributed by atoms with van der Waals surface area (Å²) in [5, 5.41) is 14.7. The Bertz CT molecular complexity index is 626. The van der Waals surface area contributed by atoms with Crippen LogP contribution in [0.3, 0.4) is 0 Å². The largest absolute Gasteiger partial charge is 0.528 e. The first-order chi connectivity index (χ1) is 18.0. The summed E-state index contributed by atoms with van der Waals surface area (Å²) in [6.45, 7) is 1.99. The van der Waals surface area contributed by atoms with Crippen molar-refractivity contribution in [1.29, 1.82) is 0 Å². The molecule has 20 heteroatoms. The smallest absolute Gasteiger partial charge is 0.464 e. The number of nitrogens with one attached hydrogen (secondary N) is 3. The van der Waals surface area contributed by atoms with Crippen molar-refractivity contribution in [3.8, 4) is 0 Å². The van der Waals surface area contributed by atoms with E-state index in [4.69, 9.17) is 60.8 Å². The molecule has 5 N–H and O–H groups in total. The second-order valence-electron chi connectivity index (χ2n) is 6.95. The molecule has 0 heterocycles. The molecule has 1 atom stereocenters. The normalized spacial score (nSPS) is 12.0. The SMILES string of the molecule is CO[Si](CCCNOC(=O)OCC(C)OC(=O)ONCCC[Si](OC)(OC)OC)(OC)OC.O=C(O)NO. The van der Waals surface area contributed by atoms with Gasteiger partial charge in [-0.15, -0.1) is 0 Å². The molecule has 0 rings (SSSR count). The van der Waals surface area contributed by atoms with Gasteiger partial charge >= 0.3 is 36.0 Å². The van der Waals surface area contributed by atoms with Crippen LogP contribution in [0.1, 0.15) is 19.8 Å². The van der Waals surface area contributed by atoms with Gasteiger partial charge in [0.05, 0.1) is 0 Å². The predicted octanol–water partition coefficient (Wildman–Crippen LogP) is 0.870. The van der Waals surface area contributed by atoms with Gasteiger partial charge in [0, 0.05) is 67.8 Å². The van der Waals surface area contributed by atoms with Crippen LogP contribution in [0.15, 0.2) is 0 Å². The first-order valence-corrected chi connectivity index (χ1v) is 15.0. The first-order valence-electron chi connectivity index (χ1n) is 11.1. The zero-order valence-electron chi connectivity index (χ0n) is 22.7. The number of carbonyl (C=O) groups excluding carboxylic acids is 2. The maximum absolute atomic E-state index is 11.6. The zero-order chi connectivity index (χ0) is 29.5. The van der Waals surface area contributed by atoms with Crippen molar-refractivity contribution in [3.63, 3.8) is 0 Å². The molecule has 0 aromatic heterocycles. The van der Waals surface area contributed by atoms with Crippen molar-refractivity contribution >= 4 is 36.0 Å². The molecule has 1 amide bonds. The van der Waals surface area contributed by atoms with Gasteiger partial charge < -0.3 is 50.8 Å². The molecular formula is C18H41N3O15Si2. The Morgan fingerprint density at radius 3 is 1.45 bits per heavy atom. The van der Waals surface area contributed by atoms with E-state index in [9.17, 15) is 9.59 Å². The summed E-state index contributed by atoms with van der Waals surface area (Å²) in [5.41, 5.74) is 5.89. The second kappa shape index (κ2) is 22.8. The van der Waals surface area contributed by atoms with Gasteiger partial charge in [0.15, 0.2) is 0 Å². The van der Waals surface area contributed by atoms with Gasteiger partial charge in [-0.3, -0.25) is 5.21 Å². The minimum Gasteiger partial charge on any atom is -0.464 e. The number of hydroxylamine groups is 3. The Kier molecular flexibility index (Phi) is 22.9. The van der Waals surface area contributed by atoms with Crippen LogP contribution >= 0.6 is 0 Å². The Morgan fingerprint density at radius 2 is 1.11 bits per heavy atom. The van der Waals surface area contributed by atoms with Crippen molar-refractivity contribution in [2.45, 2.75) is 38.0 Å². The zero-order valence-corrected chi connectivity index (χ0v) is 24.7. The molecule has 0 aromatic rings.